The Bertz CT molecular complexity index is 1170. The Labute approximate surface area is 212 Å². The van der Waals surface area contributed by atoms with Crippen LogP contribution < -0.4 is 25.0 Å². The maximum atomic E-state index is 13.8. The number of allylic oxidation sites excluding steroid dienone is 1. The van der Waals surface area contributed by atoms with Crippen molar-refractivity contribution < 1.29 is 23.8 Å². The van der Waals surface area contributed by atoms with Gasteiger partial charge < -0.3 is 29.7 Å². The number of hydrogen-bond donors (Lipinski definition) is 2. The van der Waals surface area contributed by atoms with E-state index < -0.39 is 6.04 Å². The second-order valence-electron chi connectivity index (χ2n) is 9.96. The Morgan fingerprint density at radius 2 is 1.89 bits per heavy atom. The highest BCUT2D eigenvalue weighted by Gasteiger charge is 2.42. The predicted molar refractivity (Wildman–Crippen MR) is 140 cm³/mol. The molecule has 36 heavy (non-hydrogen) atoms. The molecule has 0 saturated carbocycles. The lowest BCUT2D eigenvalue weighted by molar-refractivity contribution is -0.121. The number of ketones is 1. The van der Waals surface area contributed by atoms with Crippen LogP contribution in [0.3, 0.4) is 0 Å². The van der Waals surface area contributed by atoms with Crippen LogP contribution in [-0.4, -0.2) is 52.7 Å². The molecule has 2 N–H and O–H groups in total. The van der Waals surface area contributed by atoms with Gasteiger partial charge in [-0.1, -0.05) is 26.0 Å². The number of para-hydroxylation sites is 2. The van der Waals surface area contributed by atoms with Crippen molar-refractivity contribution >= 4 is 23.1 Å². The van der Waals surface area contributed by atoms with Crippen LogP contribution in [0, 0.1) is 5.41 Å². The Balaban J connectivity index is 1.93. The number of rotatable bonds is 8. The van der Waals surface area contributed by atoms with Crippen LogP contribution >= 0.6 is 0 Å². The second-order valence-corrected chi connectivity index (χ2v) is 9.96. The molecule has 1 aliphatic carbocycles. The van der Waals surface area contributed by atoms with Crippen LogP contribution in [0.25, 0.3) is 0 Å². The lowest BCUT2D eigenvalue weighted by Gasteiger charge is -2.38. The van der Waals surface area contributed by atoms with Crippen molar-refractivity contribution in [2.45, 2.75) is 32.7 Å². The van der Waals surface area contributed by atoms with E-state index in [1.165, 1.54) is 0 Å². The van der Waals surface area contributed by atoms with Crippen molar-refractivity contribution in [1.29, 1.82) is 0 Å². The zero-order valence-electron chi connectivity index (χ0n) is 21.6. The summed E-state index contributed by atoms with van der Waals surface area (Å²) in [6.45, 7) is 5.07. The minimum Gasteiger partial charge on any atom is -0.497 e. The van der Waals surface area contributed by atoms with Gasteiger partial charge in [0.2, 0.25) is 5.91 Å². The molecule has 0 spiro atoms. The molecule has 1 heterocycles. The van der Waals surface area contributed by atoms with Gasteiger partial charge in [-0.25, -0.2) is 0 Å². The molecule has 0 aromatic heterocycles. The number of carbonyl (C=O) groups excluding carboxylic acids is 2. The molecular formula is C28H35N3O5. The molecule has 8 nitrogen and oxygen atoms in total. The molecule has 2 aromatic rings. The summed E-state index contributed by atoms with van der Waals surface area (Å²) in [6.07, 6.45) is 1.12. The normalized spacial score (nSPS) is 18.5. The first-order valence-electron chi connectivity index (χ1n) is 12.1. The number of benzene rings is 2. The number of carbonyl (C=O) groups is 2. The predicted octanol–water partition coefficient (Wildman–Crippen LogP) is 4.08. The maximum Gasteiger partial charge on any atom is 0.239 e. The fourth-order valence-electron chi connectivity index (χ4n) is 5.11. The largest absolute Gasteiger partial charge is 0.497 e. The van der Waals surface area contributed by atoms with E-state index in [0.717, 1.165) is 22.6 Å². The van der Waals surface area contributed by atoms with Crippen molar-refractivity contribution in [2.24, 2.45) is 5.41 Å². The first-order chi connectivity index (χ1) is 17.3. The molecule has 1 atom stereocenters. The fourth-order valence-corrected chi connectivity index (χ4v) is 5.11. The van der Waals surface area contributed by atoms with Gasteiger partial charge in [-0.15, -0.1) is 0 Å². The number of fused-ring (bicyclic) bond motifs is 1. The average Bonchev–Trinajstić information content (AvgIpc) is 2.97. The minimum absolute atomic E-state index is 0.0426. The summed E-state index contributed by atoms with van der Waals surface area (Å²) in [5, 5.41) is 6.48. The number of nitrogens with one attached hydrogen (secondary N) is 2. The number of hydrogen-bond acceptors (Lipinski definition) is 7. The Kier molecular flexibility index (Phi) is 7.54. The van der Waals surface area contributed by atoms with Gasteiger partial charge >= 0.3 is 0 Å². The van der Waals surface area contributed by atoms with E-state index in [4.69, 9.17) is 14.2 Å². The highest BCUT2D eigenvalue weighted by molar-refractivity contribution is 6.02. The number of ether oxygens (including phenoxy) is 3. The lowest BCUT2D eigenvalue weighted by atomic mass is 9.73. The number of amides is 1. The third kappa shape index (κ3) is 5.18. The van der Waals surface area contributed by atoms with Gasteiger partial charge in [-0.3, -0.25) is 9.59 Å². The summed E-state index contributed by atoms with van der Waals surface area (Å²) in [5.74, 6) is 1.16. The topological polar surface area (TPSA) is 89.1 Å². The fraction of sp³-hybridized carbons (Fsp3) is 0.429. The molecule has 0 fully saturated rings. The van der Waals surface area contributed by atoms with Crippen LogP contribution in [0.4, 0.5) is 11.4 Å². The van der Waals surface area contributed by atoms with Crippen LogP contribution in [0.5, 0.6) is 11.5 Å². The quantitative estimate of drug-likeness (QED) is 0.536. The van der Waals surface area contributed by atoms with E-state index in [-0.39, 0.29) is 23.7 Å². The van der Waals surface area contributed by atoms with E-state index in [9.17, 15) is 9.59 Å². The molecule has 2 aliphatic rings. The molecule has 1 unspecified atom stereocenters. The van der Waals surface area contributed by atoms with Gasteiger partial charge in [0.25, 0.3) is 0 Å². The van der Waals surface area contributed by atoms with Gasteiger partial charge in [0, 0.05) is 36.9 Å². The molecule has 0 saturated heterocycles. The van der Waals surface area contributed by atoms with Crippen LogP contribution in [0.2, 0.25) is 0 Å². The third-order valence-corrected chi connectivity index (χ3v) is 6.68. The number of methoxy groups -OCH3 is 3. The van der Waals surface area contributed by atoms with Crippen molar-refractivity contribution in [2.75, 3.05) is 51.2 Å². The van der Waals surface area contributed by atoms with E-state index in [1.54, 1.807) is 21.3 Å². The van der Waals surface area contributed by atoms with Gasteiger partial charge in [0.15, 0.2) is 5.78 Å². The smallest absolute Gasteiger partial charge is 0.239 e. The van der Waals surface area contributed by atoms with E-state index in [1.807, 2.05) is 47.4 Å². The SMILES string of the molecule is COCCNC(=O)CN1c2ccccc2NC2=C(C(=O)CC(C)(C)C2)C1c1cc(OC)ccc1OC. The summed E-state index contributed by atoms with van der Waals surface area (Å²) in [7, 11) is 4.81. The van der Waals surface area contributed by atoms with Crippen molar-refractivity contribution in [1.82, 2.24) is 5.32 Å². The number of nitrogens with zero attached hydrogens (tertiary/aromatic N) is 1. The highest BCUT2D eigenvalue weighted by Crippen LogP contribution is 2.50. The summed E-state index contributed by atoms with van der Waals surface area (Å²) >= 11 is 0. The number of anilines is 2. The second kappa shape index (κ2) is 10.6. The van der Waals surface area contributed by atoms with Crippen molar-refractivity contribution in [3.8, 4) is 11.5 Å². The first kappa shape index (κ1) is 25.6. The zero-order chi connectivity index (χ0) is 25.9. The average molecular weight is 494 g/mol. The molecule has 4 rings (SSSR count). The van der Waals surface area contributed by atoms with Gasteiger partial charge in [0.05, 0.1) is 44.8 Å². The minimum atomic E-state index is -0.557. The summed E-state index contributed by atoms with van der Waals surface area (Å²) in [6, 6.07) is 12.8. The van der Waals surface area contributed by atoms with Crippen LogP contribution in [-0.2, 0) is 14.3 Å². The zero-order valence-corrected chi connectivity index (χ0v) is 21.6. The van der Waals surface area contributed by atoms with Gasteiger partial charge in [-0.05, 0) is 42.2 Å². The van der Waals surface area contributed by atoms with Gasteiger partial charge in [0.1, 0.15) is 11.5 Å². The monoisotopic (exact) mass is 493 g/mol. The molecule has 8 heteroatoms. The molecular weight excluding hydrogens is 458 g/mol. The number of Topliss-reactive ketones (excluding diaryl/α,β-unsaturated/α-hetero) is 1. The molecule has 2 aromatic carbocycles. The molecule has 0 bridgehead atoms. The summed E-state index contributed by atoms with van der Waals surface area (Å²) in [5.41, 5.74) is 3.79. The Morgan fingerprint density at radius 3 is 2.61 bits per heavy atom. The van der Waals surface area contributed by atoms with Crippen molar-refractivity contribution in [3.05, 3.63) is 59.3 Å². The van der Waals surface area contributed by atoms with Crippen molar-refractivity contribution in [3.63, 3.8) is 0 Å². The summed E-state index contributed by atoms with van der Waals surface area (Å²) < 4.78 is 16.4. The summed E-state index contributed by atoms with van der Waals surface area (Å²) in [4.78, 5) is 28.9. The molecule has 1 amide bonds. The molecule has 0 radical (unpaired) electrons. The lowest BCUT2D eigenvalue weighted by Crippen LogP contribution is -2.42. The first-order valence-corrected chi connectivity index (χ1v) is 12.1. The van der Waals surface area contributed by atoms with Gasteiger partial charge in [-0.2, -0.15) is 0 Å². The van der Waals surface area contributed by atoms with E-state index in [2.05, 4.69) is 24.5 Å². The highest BCUT2D eigenvalue weighted by atomic mass is 16.5. The molecule has 1 aliphatic heterocycles. The Hall–Kier alpha value is -3.52. The van der Waals surface area contributed by atoms with Crippen LogP contribution in [0.15, 0.2) is 53.7 Å². The maximum absolute atomic E-state index is 13.8. The van der Waals surface area contributed by atoms with E-state index in [0.29, 0.717) is 43.1 Å². The van der Waals surface area contributed by atoms with Crippen LogP contribution in [0.1, 0.15) is 38.3 Å². The standard InChI is InChI=1S/C28H35N3O5/c1-28(2)15-21-26(23(32)16-28)27(19-14-18(35-4)10-11-24(19)36-5)31(17-25(33)29-12-13-34-3)22-9-7-6-8-20(22)30-21/h6-11,14,27,30H,12-13,15-17H2,1-5H3,(H,29,33). The van der Waals surface area contributed by atoms with E-state index >= 15 is 0 Å². The Morgan fingerprint density at radius 1 is 1.11 bits per heavy atom. The third-order valence-electron chi connectivity index (χ3n) is 6.68. The molecule has 192 valence electrons.